The largest absolute Gasteiger partial charge is 0.385 e. The fraction of sp³-hybridized carbons (Fsp3) is 1.00. The van der Waals surface area contributed by atoms with Crippen LogP contribution in [0.15, 0.2) is 0 Å². The molecule has 1 saturated carbocycles. The fourth-order valence-electron chi connectivity index (χ4n) is 2.38. The van der Waals surface area contributed by atoms with Crippen molar-refractivity contribution in [2.45, 2.75) is 57.4 Å². The number of rotatable bonds is 7. The second-order valence-electron chi connectivity index (χ2n) is 4.62. The summed E-state index contributed by atoms with van der Waals surface area (Å²) in [5.41, 5.74) is 6.04. The van der Waals surface area contributed by atoms with E-state index < -0.39 is 0 Å². The molecule has 0 aromatic carbocycles. The van der Waals surface area contributed by atoms with Gasteiger partial charge < -0.3 is 10.5 Å². The van der Waals surface area contributed by atoms with Gasteiger partial charge in [0, 0.05) is 19.8 Å². The normalized spacial score (nSPS) is 20.1. The zero-order chi connectivity index (χ0) is 10.2. The number of nitrogens with two attached hydrogens (primary N) is 1. The standard InChI is InChI=1S/C12H25NO/c1-14-10-4-7-12(13)9-8-11-5-2-3-6-11/h11-12H,2-10,13H2,1H3. The van der Waals surface area contributed by atoms with Crippen LogP contribution >= 0.6 is 0 Å². The highest BCUT2D eigenvalue weighted by atomic mass is 16.5. The Morgan fingerprint density at radius 3 is 2.64 bits per heavy atom. The van der Waals surface area contributed by atoms with Gasteiger partial charge in [0.05, 0.1) is 0 Å². The molecule has 0 bridgehead atoms. The zero-order valence-corrected chi connectivity index (χ0v) is 9.50. The Morgan fingerprint density at radius 1 is 1.29 bits per heavy atom. The summed E-state index contributed by atoms with van der Waals surface area (Å²) in [4.78, 5) is 0. The highest BCUT2D eigenvalue weighted by Crippen LogP contribution is 2.29. The highest BCUT2D eigenvalue weighted by Gasteiger charge is 2.15. The summed E-state index contributed by atoms with van der Waals surface area (Å²) in [5, 5.41) is 0. The maximum atomic E-state index is 6.04. The number of ether oxygens (including phenoxy) is 1. The van der Waals surface area contributed by atoms with Crippen LogP contribution in [0.25, 0.3) is 0 Å². The van der Waals surface area contributed by atoms with Gasteiger partial charge in [-0.15, -0.1) is 0 Å². The molecule has 1 aliphatic rings. The van der Waals surface area contributed by atoms with E-state index in [2.05, 4.69) is 0 Å². The maximum absolute atomic E-state index is 6.04. The van der Waals surface area contributed by atoms with Gasteiger partial charge in [-0.05, 0) is 31.6 Å². The predicted molar refractivity (Wildman–Crippen MR) is 60.3 cm³/mol. The van der Waals surface area contributed by atoms with Crippen LogP contribution in [0.3, 0.4) is 0 Å². The van der Waals surface area contributed by atoms with E-state index >= 15 is 0 Å². The Balaban J connectivity index is 1.93. The Bertz CT molecular complexity index is 132. The second kappa shape index (κ2) is 7.24. The van der Waals surface area contributed by atoms with Crippen molar-refractivity contribution in [3.63, 3.8) is 0 Å². The molecule has 1 fully saturated rings. The monoisotopic (exact) mass is 199 g/mol. The fourth-order valence-corrected chi connectivity index (χ4v) is 2.38. The van der Waals surface area contributed by atoms with E-state index in [0.717, 1.165) is 25.4 Å². The van der Waals surface area contributed by atoms with Gasteiger partial charge in [0.25, 0.3) is 0 Å². The Morgan fingerprint density at radius 2 is 2.00 bits per heavy atom. The van der Waals surface area contributed by atoms with Crippen molar-refractivity contribution in [1.29, 1.82) is 0 Å². The highest BCUT2D eigenvalue weighted by molar-refractivity contribution is 4.70. The molecule has 0 heterocycles. The molecule has 1 aliphatic carbocycles. The van der Waals surface area contributed by atoms with Gasteiger partial charge in [0.1, 0.15) is 0 Å². The first-order valence-electron chi connectivity index (χ1n) is 6.07. The molecule has 84 valence electrons. The molecule has 0 aliphatic heterocycles. The van der Waals surface area contributed by atoms with Crippen LogP contribution in [0.5, 0.6) is 0 Å². The molecule has 14 heavy (non-hydrogen) atoms. The molecule has 0 aromatic rings. The number of hydrogen-bond donors (Lipinski definition) is 1. The number of hydrogen-bond acceptors (Lipinski definition) is 2. The third-order valence-corrected chi connectivity index (χ3v) is 3.34. The van der Waals surface area contributed by atoms with Crippen molar-refractivity contribution in [2.24, 2.45) is 11.7 Å². The minimum absolute atomic E-state index is 0.408. The first kappa shape index (κ1) is 12.0. The lowest BCUT2D eigenvalue weighted by Crippen LogP contribution is -2.21. The van der Waals surface area contributed by atoms with Crippen LogP contribution in [0.2, 0.25) is 0 Å². The van der Waals surface area contributed by atoms with Crippen LogP contribution in [-0.2, 0) is 4.74 Å². The first-order valence-corrected chi connectivity index (χ1v) is 6.07. The molecule has 1 atom stereocenters. The molecule has 0 saturated heterocycles. The van der Waals surface area contributed by atoms with Gasteiger partial charge in [0.2, 0.25) is 0 Å². The molecule has 1 rings (SSSR count). The molecule has 0 radical (unpaired) electrons. The summed E-state index contributed by atoms with van der Waals surface area (Å²) in [6.45, 7) is 0.858. The first-order chi connectivity index (χ1) is 6.83. The minimum atomic E-state index is 0.408. The second-order valence-corrected chi connectivity index (χ2v) is 4.62. The van der Waals surface area contributed by atoms with Crippen LogP contribution in [-0.4, -0.2) is 19.8 Å². The van der Waals surface area contributed by atoms with E-state index in [1.54, 1.807) is 7.11 Å². The Kier molecular flexibility index (Phi) is 6.20. The van der Waals surface area contributed by atoms with E-state index in [1.807, 2.05) is 0 Å². The Labute approximate surface area is 88.2 Å². The van der Waals surface area contributed by atoms with Crippen molar-refractivity contribution in [2.75, 3.05) is 13.7 Å². The summed E-state index contributed by atoms with van der Waals surface area (Å²) in [5.74, 6) is 0.989. The third kappa shape index (κ3) is 4.97. The van der Waals surface area contributed by atoms with Gasteiger partial charge in [0.15, 0.2) is 0 Å². The SMILES string of the molecule is COCCCC(N)CCC1CCCC1. The van der Waals surface area contributed by atoms with Gasteiger partial charge in [-0.2, -0.15) is 0 Å². The van der Waals surface area contributed by atoms with Crippen LogP contribution in [0.4, 0.5) is 0 Å². The molecule has 2 heteroatoms. The summed E-state index contributed by atoms with van der Waals surface area (Å²) < 4.78 is 5.01. The lowest BCUT2D eigenvalue weighted by Gasteiger charge is -2.14. The van der Waals surface area contributed by atoms with Crippen molar-refractivity contribution < 1.29 is 4.74 Å². The molecule has 0 spiro atoms. The molecular formula is C12H25NO. The van der Waals surface area contributed by atoms with E-state index in [1.165, 1.54) is 38.5 Å². The molecule has 2 N–H and O–H groups in total. The summed E-state index contributed by atoms with van der Waals surface area (Å²) in [7, 11) is 1.75. The van der Waals surface area contributed by atoms with Crippen molar-refractivity contribution >= 4 is 0 Å². The third-order valence-electron chi connectivity index (χ3n) is 3.34. The van der Waals surface area contributed by atoms with E-state index in [9.17, 15) is 0 Å². The van der Waals surface area contributed by atoms with Crippen molar-refractivity contribution in [3.8, 4) is 0 Å². The smallest absolute Gasteiger partial charge is 0.0462 e. The Hall–Kier alpha value is -0.0800. The van der Waals surface area contributed by atoms with E-state index in [4.69, 9.17) is 10.5 Å². The lowest BCUT2D eigenvalue weighted by atomic mass is 9.97. The molecule has 0 aromatic heterocycles. The quantitative estimate of drug-likeness (QED) is 0.640. The van der Waals surface area contributed by atoms with Gasteiger partial charge in [-0.3, -0.25) is 0 Å². The average Bonchev–Trinajstić information content (AvgIpc) is 2.68. The number of methoxy groups -OCH3 is 1. The van der Waals surface area contributed by atoms with Crippen LogP contribution in [0, 0.1) is 5.92 Å². The van der Waals surface area contributed by atoms with Gasteiger partial charge in [-0.1, -0.05) is 25.7 Å². The van der Waals surface area contributed by atoms with Crippen LogP contribution < -0.4 is 5.73 Å². The van der Waals surface area contributed by atoms with Crippen LogP contribution in [0.1, 0.15) is 51.4 Å². The summed E-state index contributed by atoms with van der Waals surface area (Å²) in [6.07, 6.45) is 10.6. The lowest BCUT2D eigenvalue weighted by molar-refractivity contribution is 0.189. The zero-order valence-electron chi connectivity index (χ0n) is 9.50. The molecule has 1 unspecified atom stereocenters. The van der Waals surface area contributed by atoms with Crippen molar-refractivity contribution in [1.82, 2.24) is 0 Å². The predicted octanol–water partition coefficient (Wildman–Crippen LogP) is 2.71. The minimum Gasteiger partial charge on any atom is -0.385 e. The molecule has 0 amide bonds. The van der Waals surface area contributed by atoms with E-state index in [0.29, 0.717) is 6.04 Å². The average molecular weight is 199 g/mol. The summed E-state index contributed by atoms with van der Waals surface area (Å²) >= 11 is 0. The van der Waals surface area contributed by atoms with Gasteiger partial charge >= 0.3 is 0 Å². The van der Waals surface area contributed by atoms with E-state index in [-0.39, 0.29) is 0 Å². The van der Waals surface area contributed by atoms with Gasteiger partial charge in [-0.25, -0.2) is 0 Å². The molecule has 2 nitrogen and oxygen atoms in total. The summed E-state index contributed by atoms with van der Waals surface area (Å²) in [6, 6.07) is 0.408. The van der Waals surface area contributed by atoms with Crippen molar-refractivity contribution in [3.05, 3.63) is 0 Å². The maximum Gasteiger partial charge on any atom is 0.0462 e. The topological polar surface area (TPSA) is 35.2 Å². The molecular weight excluding hydrogens is 174 g/mol.